The number of nitrogens with one attached hydrogen (secondary N) is 1. The third-order valence-corrected chi connectivity index (χ3v) is 3.65. The fraction of sp³-hybridized carbons (Fsp3) is 0.200. The van der Waals surface area contributed by atoms with E-state index >= 15 is 0 Å². The molecule has 0 saturated heterocycles. The Morgan fingerprint density at radius 2 is 1.60 bits per heavy atom. The number of halogens is 4. The van der Waals surface area contributed by atoms with Crippen molar-refractivity contribution in [3.8, 4) is 0 Å². The van der Waals surface area contributed by atoms with Gasteiger partial charge in [-0.1, -0.05) is 28.1 Å². The average Bonchev–Trinajstić information content (AvgIpc) is 2.43. The van der Waals surface area contributed by atoms with Gasteiger partial charge in [-0.15, -0.1) is 0 Å². The Hall–Kier alpha value is -1.33. The van der Waals surface area contributed by atoms with E-state index in [0.29, 0.717) is 12.5 Å². The van der Waals surface area contributed by atoms with Crippen LogP contribution in [0.5, 0.6) is 0 Å². The monoisotopic (exact) mass is 343 g/mol. The summed E-state index contributed by atoms with van der Waals surface area (Å²) in [6.07, 6.45) is 0.478. The lowest BCUT2D eigenvalue weighted by molar-refractivity contribution is 0.474. The van der Waals surface area contributed by atoms with Gasteiger partial charge in [-0.3, -0.25) is 0 Å². The Morgan fingerprint density at radius 1 is 1.00 bits per heavy atom. The quantitative estimate of drug-likeness (QED) is 0.813. The Labute approximate surface area is 123 Å². The smallest absolute Gasteiger partial charge is 0.161 e. The molecule has 0 saturated carbocycles. The van der Waals surface area contributed by atoms with E-state index in [2.05, 4.69) is 21.2 Å². The van der Waals surface area contributed by atoms with Gasteiger partial charge >= 0.3 is 0 Å². The van der Waals surface area contributed by atoms with Crippen molar-refractivity contribution >= 4 is 15.9 Å². The third kappa shape index (κ3) is 3.41. The summed E-state index contributed by atoms with van der Waals surface area (Å²) in [5.41, 5.74) is 1.09. The zero-order valence-electron chi connectivity index (χ0n) is 10.8. The van der Waals surface area contributed by atoms with Gasteiger partial charge in [0.2, 0.25) is 0 Å². The predicted molar refractivity (Wildman–Crippen MR) is 76.0 cm³/mol. The Balaban J connectivity index is 2.28. The van der Waals surface area contributed by atoms with Crippen LogP contribution in [0, 0.1) is 17.5 Å². The van der Waals surface area contributed by atoms with Crippen molar-refractivity contribution in [2.75, 3.05) is 7.05 Å². The van der Waals surface area contributed by atoms with E-state index in [-0.39, 0.29) is 5.56 Å². The fourth-order valence-corrected chi connectivity index (χ4v) is 2.29. The highest BCUT2D eigenvalue weighted by Crippen LogP contribution is 2.24. The van der Waals surface area contributed by atoms with Gasteiger partial charge in [0.25, 0.3) is 0 Å². The molecule has 2 rings (SSSR count). The molecule has 0 aromatic heterocycles. The van der Waals surface area contributed by atoms with Crippen molar-refractivity contribution in [1.29, 1.82) is 0 Å². The molecule has 1 N–H and O–H groups in total. The van der Waals surface area contributed by atoms with Gasteiger partial charge in [-0.25, -0.2) is 13.2 Å². The molecule has 0 amide bonds. The molecule has 2 aromatic carbocycles. The van der Waals surface area contributed by atoms with Gasteiger partial charge in [0.1, 0.15) is 5.82 Å². The van der Waals surface area contributed by atoms with Crippen LogP contribution < -0.4 is 5.32 Å². The Kier molecular flexibility index (Phi) is 4.83. The van der Waals surface area contributed by atoms with E-state index in [0.717, 1.165) is 16.1 Å². The summed E-state index contributed by atoms with van der Waals surface area (Å²) in [5, 5.41) is 2.93. The first-order valence-corrected chi connectivity index (χ1v) is 6.86. The zero-order chi connectivity index (χ0) is 14.7. The van der Waals surface area contributed by atoms with Crippen LogP contribution in [0.2, 0.25) is 0 Å². The molecule has 2 aromatic rings. The van der Waals surface area contributed by atoms with Gasteiger partial charge in [-0.05, 0) is 37.2 Å². The first kappa shape index (κ1) is 15.1. The largest absolute Gasteiger partial charge is 0.313 e. The standard InChI is InChI=1S/C15H13BrF3N/c1-20-15(6-9-2-4-10(16)5-3-9)11-7-13(18)14(19)8-12(11)17/h2-5,7-8,15,20H,6H2,1H3. The van der Waals surface area contributed by atoms with Crippen molar-refractivity contribution in [2.45, 2.75) is 12.5 Å². The Morgan fingerprint density at radius 3 is 2.20 bits per heavy atom. The molecule has 20 heavy (non-hydrogen) atoms. The van der Waals surface area contributed by atoms with E-state index in [1.807, 2.05) is 24.3 Å². The maximum atomic E-state index is 13.8. The van der Waals surface area contributed by atoms with E-state index in [9.17, 15) is 13.2 Å². The maximum Gasteiger partial charge on any atom is 0.161 e. The normalized spacial score (nSPS) is 12.4. The van der Waals surface area contributed by atoms with Crippen LogP contribution in [0.15, 0.2) is 40.9 Å². The number of benzene rings is 2. The van der Waals surface area contributed by atoms with E-state index in [4.69, 9.17) is 0 Å². The van der Waals surface area contributed by atoms with Crippen LogP contribution in [0.3, 0.4) is 0 Å². The van der Waals surface area contributed by atoms with Crippen molar-refractivity contribution in [1.82, 2.24) is 5.32 Å². The molecule has 0 aliphatic carbocycles. The number of likely N-dealkylation sites (N-methyl/N-ethyl adjacent to an activating group) is 1. The molecule has 0 fully saturated rings. The minimum Gasteiger partial charge on any atom is -0.313 e. The molecule has 1 atom stereocenters. The van der Waals surface area contributed by atoms with Gasteiger partial charge in [-0.2, -0.15) is 0 Å². The molecule has 0 bridgehead atoms. The lowest BCUT2D eigenvalue weighted by Crippen LogP contribution is -2.20. The maximum absolute atomic E-state index is 13.8. The van der Waals surface area contributed by atoms with E-state index < -0.39 is 23.5 Å². The molecule has 0 spiro atoms. The second kappa shape index (κ2) is 6.41. The predicted octanol–water partition coefficient (Wildman–Crippen LogP) is 4.37. The molecule has 0 aliphatic heterocycles. The third-order valence-electron chi connectivity index (χ3n) is 3.12. The SMILES string of the molecule is CNC(Cc1ccc(Br)cc1)c1cc(F)c(F)cc1F. The summed E-state index contributed by atoms with van der Waals surface area (Å²) >= 11 is 3.34. The molecule has 5 heteroatoms. The van der Waals surface area contributed by atoms with Crippen molar-refractivity contribution in [2.24, 2.45) is 0 Å². The van der Waals surface area contributed by atoms with Crippen LogP contribution in [-0.4, -0.2) is 7.05 Å². The summed E-state index contributed by atoms with van der Waals surface area (Å²) in [5.74, 6) is -2.97. The van der Waals surface area contributed by atoms with Crippen LogP contribution in [0.1, 0.15) is 17.2 Å². The van der Waals surface area contributed by atoms with E-state index in [1.54, 1.807) is 7.05 Å². The molecular formula is C15H13BrF3N. The summed E-state index contributed by atoms with van der Waals surface area (Å²) < 4.78 is 41.0. The van der Waals surface area contributed by atoms with E-state index in [1.165, 1.54) is 0 Å². The zero-order valence-corrected chi connectivity index (χ0v) is 12.3. The fourth-order valence-electron chi connectivity index (χ4n) is 2.03. The van der Waals surface area contributed by atoms with Crippen LogP contribution in [0.25, 0.3) is 0 Å². The number of hydrogen-bond acceptors (Lipinski definition) is 1. The molecule has 1 unspecified atom stereocenters. The van der Waals surface area contributed by atoms with Crippen molar-refractivity contribution < 1.29 is 13.2 Å². The van der Waals surface area contributed by atoms with Gasteiger partial charge in [0.05, 0.1) is 0 Å². The topological polar surface area (TPSA) is 12.0 Å². The summed E-state index contributed by atoms with van der Waals surface area (Å²) in [4.78, 5) is 0. The summed E-state index contributed by atoms with van der Waals surface area (Å²) in [7, 11) is 1.66. The first-order chi connectivity index (χ1) is 9.51. The number of rotatable bonds is 4. The lowest BCUT2D eigenvalue weighted by atomic mass is 9.98. The minimum atomic E-state index is -1.18. The average molecular weight is 344 g/mol. The summed E-state index contributed by atoms with van der Waals surface area (Å²) in [6, 6.07) is 8.61. The Bertz CT molecular complexity index is 599. The molecular weight excluding hydrogens is 331 g/mol. The molecule has 1 nitrogen and oxygen atoms in total. The lowest BCUT2D eigenvalue weighted by Gasteiger charge is -2.18. The second-order valence-electron chi connectivity index (χ2n) is 4.46. The highest BCUT2D eigenvalue weighted by molar-refractivity contribution is 9.10. The van der Waals surface area contributed by atoms with Gasteiger partial charge in [0, 0.05) is 22.1 Å². The molecule has 0 radical (unpaired) electrons. The van der Waals surface area contributed by atoms with Crippen LogP contribution in [-0.2, 0) is 6.42 Å². The molecule has 0 heterocycles. The van der Waals surface area contributed by atoms with Crippen LogP contribution >= 0.6 is 15.9 Å². The molecule has 0 aliphatic rings. The van der Waals surface area contributed by atoms with Crippen LogP contribution in [0.4, 0.5) is 13.2 Å². The van der Waals surface area contributed by atoms with Gasteiger partial charge in [0.15, 0.2) is 11.6 Å². The summed E-state index contributed by atoms with van der Waals surface area (Å²) in [6.45, 7) is 0. The molecule has 106 valence electrons. The van der Waals surface area contributed by atoms with Crippen molar-refractivity contribution in [3.05, 3.63) is 69.4 Å². The first-order valence-electron chi connectivity index (χ1n) is 6.07. The highest BCUT2D eigenvalue weighted by atomic mass is 79.9. The minimum absolute atomic E-state index is 0.120. The van der Waals surface area contributed by atoms with Crippen molar-refractivity contribution in [3.63, 3.8) is 0 Å². The second-order valence-corrected chi connectivity index (χ2v) is 5.38. The highest BCUT2D eigenvalue weighted by Gasteiger charge is 2.18. The number of hydrogen-bond donors (Lipinski definition) is 1. The van der Waals surface area contributed by atoms with Gasteiger partial charge < -0.3 is 5.32 Å².